The highest BCUT2D eigenvalue weighted by Gasteiger charge is 2.18. The fourth-order valence-corrected chi connectivity index (χ4v) is 4.43. The lowest BCUT2D eigenvalue weighted by molar-refractivity contribution is 0.187. The van der Waals surface area contributed by atoms with Crippen molar-refractivity contribution >= 4 is 17.2 Å². The smallest absolute Gasteiger partial charge is 0.317 e. The molecule has 0 unspecified atom stereocenters. The van der Waals surface area contributed by atoms with E-state index >= 15 is 0 Å². The number of urea groups is 1. The van der Waals surface area contributed by atoms with Crippen molar-refractivity contribution in [1.29, 1.82) is 0 Å². The highest BCUT2D eigenvalue weighted by Crippen LogP contribution is 2.35. The second-order valence-corrected chi connectivity index (χ2v) is 8.34. The summed E-state index contributed by atoms with van der Waals surface area (Å²) in [7, 11) is 1.68. The van der Waals surface area contributed by atoms with E-state index in [0.29, 0.717) is 6.54 Å². The second kappa shape index (κ2) is 11.4. The summed E-state index contributed by atoms with van der Waals surface area (Å²) in [5, 5.41) is 3.16. The van der Waals surface area contributed by atoms with Crippen LogP contribution in [0, 0.1) is 0 Å². The molecule has 0 aromatic heterocycles. The van der Waals surface area contributed by atoms with Crippen LogP contribution in [0.15, 0.2) is 84.9 Å². The zero-order valence-electron chi connectivity index (χ0n) is 19.3. The zero-order valence-corrected chi connectivity index (χ0v) is 19.3. The van der Waals surface area contributed by atoms with E-state index in [1.165, 1.54) is 23.1 Å². The van der Waals surface area contributed by atoms with E-state index in [1.807, 2.05) is 29.2 Å². The van der Waals surface area contributed by atoms with Gasteiger partial charge in [0.1, 0.15) is 5.75 Å². The van der Waals surface area contributed by atoms with E-state index in [1.54, 1.807) is 7.11 Å². The van der Waals surface area contributed by atoms with Crippen LogP contribution in [0.25, 0.3) is 11.1 Å². The number of methoxy groups -OCH3 is 1. The number of benzene rings is 3. The van der Waals surface area contributed by atoms with Crippen LogP contribution in [0.2, 0.25) is 0 Å². The van der Waals surface area contributed by atoms with Gasteiger partial charge in [-0.25, -0.2) is 4.79 Å². The van der Waals surface area contributed by atoms with Crippen LogP contribution in [-0.4, -0.2) is 37.7 Å². The molecule has 170 valence electrons. The van der Waals surface area contributed by atoms with Gasteiger partial charge in [0.05, 0.1) is 7.11 Å². The molecule has 2 amide bonds. The number of nitrogens with zero attached hydrogens (tertiary/aromatic N) is 1. The first-order valence-electron chi connectivity index (χ1n) is 11.8. The third-order valence-electron chi connectivity index (χ3n) is 6.16. The summed E-state index contributed by atoms with van der Waals surface area (Å²) < 4.78 is 5.38. The number of likely N-dealkylation sites (tertiary alicyclic amines) is 1. The van der Waals surface area contributed by atoms with Gasteiger partial charge >= 0.3 is 6.03 Å². The minimum atomic E-state index is 0.0489. The largest absolute Gasteiger partial charge is 0.497 e. The summed E-state index contributed by atoms with van der Waals surface area (Å²) >= 11 is 0. The third-order valence-corrected chi connectivity index (χ3v) is 6.16. The molecule has 1 aliphatic rings. The van der Waals surface area contributed by atoms with Crippen molar-refractivity contribution < 1.29 is 9.53 Å². The molecule has 0 saturated carbocycles. The molecule has 0 radical (unpaired) electrons. The Morgan fingerprint density at radius 2 is 1.36 bits per heavy atom. The Labute approximate surface area is 196 Å². The minimum Gasteiger partial charge on any atom is -0.497 e. The van der Waals surface area contributed by atoms with Crippen molar-refractivity contribution in [2.75, 3.05) is 26.7 Å². The number of amides is 2. The number of rotatable bonds is 7. The quantitative estimate of drug-likeness (QED) is 0.442. The topological polar surface area (TPSA) is 41.6 Å². The first kappa shape index (κ1) is 22.7. The normalized spacial score (nSPS) is 14.4. The van der Waals surface area contributed by atoms with Crippen LogP contribution in [0.1, 0.15) is 42.4 Å². The number of piperidine rings is 1. The summed E-state index contributed by atoms with van der Waals surface area (Å²) in [6.07, 6.45) is 4.14. The summed E-state index contributed by atoms with van der Waals surface area (Å²) in [5.74, 6) is 0.834. The Balaban J connectivity index is 1.69. The van der Waals surface area contributed by atoms with Crippen molar-refractivity contribution in [3.05, 3.63) is 102 Å². The molecular formula is C29H32N2O2. The maximum absolute atomic E-state index is 12.7. The van der Waals surface area contributed by atoms with Gasteiger partial charge < -0.3 is 15.0 Å². The maximum atomic E-state index is 12.7. The highest BCUT2D eigenvalue weighted by molar-refractivity contribution is 5.98. The lowest BCUT2D eigenvalue weighted by Gasteiger charge is -2.27. The van der Waals surface area contributed by atoms with Gasteiger partial charge in [-0.05, 0) is 65.7 Å². The summed E-state index contributed by atoms with van der Waals surface area (Å²) in [4.78, 5) is 14.6. The third kappa shape index (κ3) is 5.83. The van der Waals surface area contributed by atoms with E-state index in [9.17, 15) is 4.79 Å². The minimum absolute atomic E-state index is 0.0489. The van der Waals surface area contributed by atoms with Crippen LogP contribution >= 0.6 is 0 Å². The Bertz CT molecular complexity index is 1050. The lowest BCUT2D eigenvalue weighted by Crippen LogP contribution is -2.43. The molecule has 1 saturated heterocycles. The zero-order chi connectivity index (χ0) is 22.9. The molecule has 4 heteroatoms. The predicted octanol–water partition coefficient (Wildman–Crippen LogP) is 6.24. The van der Waals surface area contributed by atoms with Crippen molar-refractivity contribution in [2.24, 2.45) is 0 Å². The number of hydrogen-bond acceptors (Lipinski definition) is 2. The molecule has 1 N–H and O–H groups in total. The average molecular weight is 441 g/mol. The number of carbonyl (C=O) groups is 1. The molecule has 0 aliphatic carbocycles. The molecule has 0 bridgehead atoms. The van der Waals surface area contributed by atoms with Gasteiger partial charge in [-0.15, -0.1) is 0 Å². The lowest BCUT2D eigenvalue weighted by atomic mass is 9.88. The molecule has 1 heterocycles. The first-order valence-corrected chi connectivity index (χ1v) is 11.8. The molecule has 0 spiro atoms. The Kier molecular flexibility index (Phi) is 7.81. The summed E-state index contributed by atoms with van der Waals surface area (Å²) in [6.45, 7) is 2.30. The summed E-state index contributed by atoms with van der Waals surface area (Å²) in [6, 6.07) is 29.2. The Morgan fingerprint density at radius 1 is 0.788 bits per heavy atom. The standard InChI is InChI=1S/C29H32N2O2/c1-33-26-17-15-25(16-18-26)28(24-13-7-3-8-14-24)27(23-11-5-2-6-12-23)19-20-30-29(32)31-21-9-4-10-22-31/h2-3,5-8,11-18H,4,9-10,19-22H2,1H3,(H,30,32)/b28-27-. The van der Waals surface area contributed by atoms with E-state index in [0.717, 1.165) is 49.2 Å². The van der Waals surface area contributed by atoms with E-state index < -0.39 is 0 Å². The van der Waals surface area contributed by atoms with Gasteiger partial charge in [0.25, 0.3) is 0 Å². The SMILES string of the molecule is COc1ccc(/C(=C(/CCNC(=O)N2CCCCC2)c2ccccc2)c2ccccc2)cc1. The number of nitrogens with one attached hydrogen (secondary N) is 1. The van der Waals surface area contributed by atoms with Crippen LogP contribution in [-0.2, 0) is 0 Å². The summed E-state index contributed by atoms with van der Waals surface area (Å²) in [5.41, 5.74) is 5.84. The van der Waals surface area contributed by atoms with Crippen LogP contribution in [0.5, 0.6) is 5.75 Å². The van der Waals surface area contributed by atoms with Gasteiger partial charge in [0.15, 0.2) is 0 Å². The number of carbonyl (C=O) groups excluding carboxylic acids is 1. The number of ether oxygens (including phenoxy) is 1. The monoisotopic (exact) mass is 440 g/mol. The molecule has 0 atom stereocenters. The van der Waals surface area contributed by atoms with Gasteiger partial charge in [-0.2, -0.15) is 0 Å². The molecule has 33 heavy (non-hydrogen) atoms. The van der Waals surface area contributed by atoms with Crippen LogP contribution < -0.4 is 10.1 Å². The fraction of sp³-hybridized carbons (Fsp3) is 0.276. The predicted molar refractivity (Wildman–Crippen MR) is 135 cm³/mol. The van der Waals surface area contributed by atoms with Crippen molar-refractivity contribution in [3.63, 3.8) is 0 Å². The van der Waals surface area contributed by atoms with Crippen molar-refractivity contribution in [2.45, 2.75) is 25.7 Å². The Hall–Kier alpha value is -3.53. The molecular weight excluding hydrogens is 408 g/mol. The average Bonchev–Trinajstić information content (AvgIpc) is 2.90. The van der Waals surface area contributed by atoms with Gasteiger partial charge in [0, 0.05) is 19.6 Å². The maximum Gasteiger partial charge on any atom is 0.317 e. The van der Waals surface area contributed by atoms with Crippen molar-refractivity contribution in [1.82, 2.24) is 10.2 Å². The Morgan fingerprint density at radius 3 is 1.97 bits per heavy atom. The van der Waals surface area contributed by atoms with Gasteiger partial charge in [0.2, 0.25) is 0 Å². The second-order valence-electron chi connectivity index (χ2n) is 8.34. The fourth-order valence-electron chi connectivity index (χ4n) is 4.43. The molecule has 4 rings (SSSR count). The van der Waals surface area contributed by atoms with Crippen LogP contribution in [0.4, 0.5) is 4.79 Å². The molecule has 1 aliphatic heterocycles. The molecule has 1 fully saturated rings. The van der Waals surface area contributed by atoms with E-state index in [2.05, 4.69) is 66.0 Å². The van der Waals surface area contributed by atoms with Gasteiger partial charge in [-0.1, -0.05) is 72.8 Å². The number of hydrogen-bond donors (Lipinski definition) is 1. The van der Waals surface area contributed by atoms with E-state index in [-0.39, 0.29) is 6.03 Å². The molecule has 3 aromatic carbocycles. The van der Waals surface area contributed by atoms with Gasteiger partial charge in [-0.3, -0.25) is 0 Å². The molecule has 3 aromatic rings. The van der Waals surface area contributed by atoms with Crippen molar-refractivity contribution in [3.8, 4) is 5.75 Å². The highest BCUT2D eigenvalue weighted by atomic mass is 16.5. The van der Waals surface area contributed by atoms with E-state index in [4.69, 9.17) is 4.74 Å². The molecule has 4 nitrogen and oxygen atoms in total. The van der Waals surface area contributed by atoms with Crippen LogP contribution in [0.3, 0.4) is 0 Å². The first-order chi connectivity index (χ1) is 16.3.